The van der Waals surface area contributed by atoms with Crippen molar-refractivity contribution in [3.63, 3.8) is 0 Å². The Bertz CT molecular complexity index is 1160. The molecule has 0 aliphatic rings. The maximum atomic E-state index is 12.9. The Balaban J connectivity index is 1.79. The Kier molecular flexibility index (Phi) is 7.12. The van der Waals surface area contributed by atoms with Gasteiger partial charge in [0.15, 0.2) is 0 Å². The standard InChI is InChI=1S/C24H21F3N4O2/c25-24(26,27)19-11-4-6-15(12-19)14-30-23(33)20(16-7-2-1-3-8-16)31-22(32)18-10-5-9-17(13-18)21(28)29/h1-13,20H,14H2,(H3,28,29)(H,30,33)(H,31,32)/t20-/m1/s1. The number of nitrogen functional groups attached to an aromatic ring is 1. The van der Waals surface area contributed by atoms with Crippen molar-refractivity contribution in [3.8, 4) is 0 Å². The maximum Gasteiger partial charge on any atom is 0.416 e. The molecule has 33 heavy (non-hydrogen) atoms. The minimum absolute atomic E-state index is 0.151. The Morgan fingerprint density at radius 1 is 0.909 bits per heavy atom. The van der Waals surface area contributed by atoms with Crippen molar-refractivity contribution >= 4 is 17.6 Å². The molecule has 170 valence electrons. The lowest BCUT2D eigenvalue weighted by molar-refractivity contribution is -0.137. The number of hydrogen-bond acceptors (Lipinski definition) is 3. The van der Waals surface area contributed by atoms with E-state index in [1.54, 1.807) is 42.5 Å². The molecule has 0 saturated heterocycles. The fourth-order valence-electron chi connectivity index (χ4n) is 3.14. The van der Waals surface area contributed by atoms with Crippen molar-refractivity contribution in [1.29, 1.82) is 5.41 Å². The molecule has 3 aromatic rings. The first kappa shape index (κ1) is 23.5. The number of carbonyl (C=O) groups excluding carboxylic acids is 2. The molecule has 0 spiro atoms. The van der Waals surface area contributed by atoms with Gasteiger partial charge in [0.1, 0.15) is 11.9 Å². The first-order valence-electron chi connectivity index (χ1n) is 9.89. The normalized spacial score (nSPS) is 12.0. The highest BCUT2D eigenvalue weighted by Gasteiger charge is 2.30. The second-order valence-electron chi connectivity index (χ2n) is 7.23. The Morgan fingerprint density at radius 3 is 2.24 bits per heavy atom. The molecule has 0 saturated carbocycles. The van der Waals surface area contributed by atoms with Gasteiger partial charge < -0.3 is 16.4 Å². The molecule has 3 rings (SSSR count). The number of nitrogens with one attached hydrogen (secondary N) is 3. The highest BCUT2D eigenvalue weighted by molar-refractivity contribution is 6.01. The second-order valence-corrected chi connectivity index (χ2v) is 7.23. The van der Waals surface area contributed by atoms with Crippen LogP contribution in [0, 0.1) is 5.41 Å². The summed E-state index contributed by atoms with van der Waals surface area (Å²) in [5.74, 6) is -1.36. The van der Waals surface area contributed by atoms with Crippen molar-refractivity contribution in [3.05, 3.63) is 107 Å². The van der Waals surface area contributed by atoms with Gasteiger partial charge in [-0.15, -0.1) is 0 Å². The smallest absolute Gasteiger partial charge is 0.384 e. The van der Waals surface area contributed by atoms with E-state index >= 15 is 0 Å². The lowest BCUT2D eigenvalue weighted by Crippen LogP contribution is -2.40. The molecule has 6 nitrogen and oxygen atoms in total. The van der Waals surface area contributed by atoms with Crippen LogP contribution in [-0.4, -0.2) is 17.6 Å². The van der Waals surface area contributed by atoms with Crippen LogP contribution in [0.2, 0.25) is 0 Å². The molecule has 0 radical (unpaired) electrons. The Labute approximate surface area is 188 Å². The zero-order valence-corrected chi connectivity index (χ0v) is 17.3. The van der Waals surface area contributed by atoms with Gasteiger partial charge in [0.25, 0.3) is 5.91 Å². The predicted octanol–water partition coefficient (Wildman–Crippen LogP) is 3.78. The number of benzene rings is 3. The topological polar surface area (TPSA) is 108 Å². The second kappa shape index (κ2) is 9.99. The van der Waals surface area contributed by atoms with Crippen molar-refractivity contribution < 1.29 is 22.8 Å². The minimum Gasteiger partial charge on any atom is -0.384 e. The van der Waals surface area contributed by atoms with Gasteiger partial charge in [0, 0.05) is 17.7 Å². The van der Waals surface area contributed by atoms with E-state index in [0.717, 1.165) is 12.1 Å². The molecule has 0 heterocycles. The van der Waals surface area contributed by atoms with Crippen LogP contribution >= 0.6 is 0 Å². The number of halogens is 3. The summed E-state index contributed by atoms with van der Waals surface area (Å²) in [5, 5.41) is 12.8. The zero-order chi connectivity index (χ0) is 24.0. The summed E-state index contributed by atoms with van der Waals surface area (Å²) in [6.45, 7) is -0.151. The molecule has 2 amide bonds. The van der Waals surface area contributed by atoms with Gasteiger partial charge in [-0.2, -0.15) is 13.2 Å². The fourth-order valence-corrected chi connectivity index (χ4v) is 3.14. The van der Waals surface area contributed by atoms with Crippen LogP contribution in [0.1, 0.15) is 38.7 Å². The van der Waals surface area contributed by atoms with Gasteiger partial charge in [-0.3, -0.25) is 15.0 Å². The molecule has 5 N–H and O–H groups in total. The van der Waals surface area contributed by atoms with Crippen LogP contribution in [0.3, 0.4) is 0 Å². The zero-order valence-electron chi connectivity index (χ0n) is 17.3. The van der Waals surface area contributed by atoms with E-state index in [4.69, 9.17) is 11.1 Å². The third kappa shape index (κ3) is 6.19. The van der Waals surface area contributed by atoms with E-state index in [1.165, 1.54) is 24.3 Å². The average molecular weight is 454 g/mol. The first-order chi connectivity index (χ1) is 15.6. The summed E-state index contributed by atoms with van der Waals surface area (Å²) in [5.41, 5.74) is 5.98. The number of rotatable bonds is 7. The molecule has 0 bridgehead atoms. The molecule has 1 atom stereocenters. The molecular formula is C24H21F3N4O2. The maximum absolute atomic E-state index is 12.9. The van der Waals surface area contributed by atoms with Gasteiger partial charge >= 0.3 is 6.18 Å². The minimum atomic E-state index is -4.49. The van der Waals surface area contributed by atoms with E-state index < -0.39 is 29.6 Å². The number of amidine groups is 1. The van der Waals surface area contributed by atoms with Crippen LogP contribution < -0.4 is 16.4 Å². The summed E-state index contributed by atoms with van der Waals surface area (Å²) >= 11 is 0. The third-order valence-corrected chi connectivity index (χ3v) is 4.83. The van der Waals surface area contributed by atoms with Crippen LogP contribution in [0.5, 0.6) is 0 Å². The molecule has 0 aliphatic carbocycles. The molecule has 0 fully saturated rings. The fraction of sp³-hybridized carbons (Fsp3) is 0.125. The van der Waals surface area contributed by atoms with E-state index in [9.17, 15) is 22.8 Å². The predicted molar refractivity (Wildman–Crippen MR) is 117 cm³/mol. The number of amides is 2. The first-order valence-corrected chi connectivity index (χ1v) is 9.89. The Morgan fingerprint density at radius 2 is 1.58 bits per heavy atom. The molecule has 0 aromatic heterocycles. The van der Waals surface area contributed by atoms with E-state index in [0.29, 0.717) is 11.1 Å². The lowest BCUT2D eigenvalue weighted by atomic mass is 10.0. The van der Waals surface area contributed by atoms with Crippen molar-refractivity contribution in [2.45, 2.75) is 18.8 Å². The van der Waals surface area contributed by atoms with Gasteiger partial charge in [-0.25, -0.2) is 0 Å². The molecule has 9 heteroatoms. The van der Waals surface area contributed by atoms with Crippen LogP contribution in [0.4, 0.5) is 13.2 Å². The van der Waals surface area contributed by atoms with Crippen molar-refractivity contribution in [2.24, 2.45) is 5.73 Å². The lowest BCUT2D eigenvalue weighted by Gasteiger charge is -2.19. The van der Waals surface area contributed by atoms with Gasteiger partial charge in [0.05, 0.1) is 5.56 Å². The SMILES string of the molecule is N=C(N)c1cccc(C(=O)N[C@@H](C(=O)NCc2cccc(C(F)(F)F)c2)c2ccccc2)c1. The van der Waals surface area contributed by atoms with Gasteiger partial charge in [-0.1, -0.05) is 54.6 Å². The number of alkyl halides is 3. The summed E-state index contributed by atoms with van der Waals surface area (Å²) in [6.07, 6.45) is -4.49. The molecule has 0 unspecified atom stereocenters. The van der Waals surface area contributed by atoms with E-state index in [-0.39, 0.29) is 23.5 Å². The number of hydrogen-bond donors (Lipinski definition) is 4. The van der Waals surface area contributed by atoms with Crippen LogP contribution in [0.15, 0.2) is 78.9 Å². The summed E-state index contributed by atoms with van der Waals surface area (Å²) in [7, 11) is 0. The number of nitrogens with two attached hydrogens (primary N) is 1. The highest BCUT2D eigenvalue weighted by Crippen LogP contribution is 2.29. The van der Waals surface area contributed by atoms with E-state index in [2.05, 4.69) is 10.6 Å². The van der Waals surface area contributed by atoms with Crippen molar-refractivity contribution in [2.75, 3.05) is 0 Å². The quantitative estimate of drug-likeness (QED) is 0.322. The summed E-state index contributed by atoms with van der Waals surface area (Å²) in [4.78, 5) is 25.7. The molecular weight excluding hydrogens is 433 g/mol. The average Bonchev–Trinajstić information content (AvgIpc) is 2.81. The number of carbonyl (C=O) groups is 2. The molecule has 0 aliphatic heterocycles. The monoisotopic (exact) mass is 454 g/mol. The summed E-state index contributed by atoms with van der Waals surface area (Å²) < 4.78 is 38.8. The Hall–Kier alpha value is -4.14. The van der Waals surface area contributed by atoms with Crippen molar-refractivity contribution in [1.82, 2.24) is 10.6 Å². The largest absolute Gasteiger partial charge is 0.416 e. The van der Waals surface area contributed by atoms with Gasteiger partial charge in [0.2, 0.25) is 5.91 Å². The van der Waals surface area contributed by atoms with E-state index in [1.807, 2.05) is 0 Å². The summed E-state index contributed by atoms with van der Waals surface area (Å²) in [6, 6.07) is 18.1. The van der Waals surface area contributed by atoms with Crippen LogP contribution in [0.25, 0.3) is 0 Å². The van der Waals surface area contributed by atoms with Crippen LogP contribution in [-0.2, 0) is 17.5 Å². The van der Waals surface area contributed by atoms with Gasteiger partial charge in [-0.05, 0) is 35.4 Å². The molecule has 3 aromatic carbocycles. The highest BCUT2D eigenvalue weighted by atomic mass is 19.4. The third-order valence-electron chi connectivity index (χ3n) is 4.83.